The van der Waals surface area contributed by atoms with E-state index in [1.807, 2.05) is 22.4 Å². The Bertz CT molecular complexity index is 786. The van der Waals surface area contributed by atoms with Crippen molar-refractivity contribution in [3.05, 3.63) is 46.9 Å². The molecular weight excluding hydrogens is 360 g/mol. The summed E-state index contributed by atoms with van der Waals surface area (Å²) in [5.41, 5.74) is 0. The molecule has 0 aromatic carbocycles. The minimum absolute atomic E-state index is 0.0759. The van der Waals surface area contributed by atoms with E-state index in [9.17, 15) is 13.2 Å². The molecule has 0 unspecified atom stereocenters. The number of carbonyl (C=O) groups excluding carboxylic acids is 1. The van der Waals surface area contributed by atoms with E-state index in [2.05, 4.69) is 14.6 Å². The van der Waals surface area contributed by atoms with Crippen LogP contribution < -0.4 is 4.72 Å². The van der Waals surface area contributed by atoms with Crippen LogP contribution in [0, 0.1) is 0 Å². The first kappa shape index (κ1) is 18.0. The van der Waals surface area contributed by atoms with Gasteiger partial charge >= 0.3 is 0 Å². The first-order valence-electron chi connectivity index (χ1n) is 8.01. The largest absolute Gasteiger partial charge is 0.335 e. The fourth-order valence-electron chi connectivity index (χ4n) is 2.66. The highest BCUT2D eigenvalue weighted by Gasteiger charge is 2.23. The van der Waals surface area contributed by atoms with Gasteiger partial charge in [-0.2, -0.15) is 0 Å². The molecule has 0 spiro atoms. The van der Waals surface area contributed by atoms with Gasteiger partial charge in [-0.25, -0.2) is 13.1 Å². The predicted octanol–water partition coefficient (Wildman–Crippen LogP) is 0.879. The number of aromatic nitrogens is 1. The van der Waals surface area contributed by atoms with E-state index >= 15 is 0 Å². The summed E-state index contributed by atoms with van der Waals surface area (Å²) in [7, 11) is -3.52. The summed E-state index contributed by atoms with van der Waals surface area (Å²) in [6.07, 6.45) is 2.87. The highest BCUT2D eigenvalue weighted by molar-refractivity contribution is 7.89. The van der Waals surface area contributed by atoms with Crippen molar-refractivity contribution in [1.29, 1.82) is 0 Å². The Kier molecular flexibility index (Phi) is 5.79. The van der Waals surface area contributed by atoms with Crippen molar-refractivity contribution in [3.63, 3.8) is 0 Å². The molecule has 1 N–H and O–H groups in total. The topological polar surface area (TPSA) is 82.6 Å². The molecule has 25 heavy (non-hydrogen) atoms. The molecule has 1 saturated heterocycles. The summed E-state index contributed by atoms with van der Waals surface area (Å²) in [5, 5.41) is 1.90. The van der Waals surface area contributed by atoms with Crippen LogP contribution in [0.15, 0.2) is 46.9 Å². The maximum atomic E-state index is 12.3. The van der Waals surface area contributed by atoms with E-state index in [0.29, 0.717) is 26.2 Å². The lowest BCUT2D eigenvalue weighted by Gasteiger charge is -2.34. The second-order valence-corrected chi connectivity index (χ2v) is 8.41. The average Bonchev–Trinajstić information content (AvgIpc) is 3.17. The van der Waals surface area contributed by atoms with Gasteiger partial charge in [-0.15, -0.1) is 11.3 Å². The van der Waals surface area contributed by atoms with Crippen molar-refractivity contribution >= 4 is 27.3 Å². The fourth-order valence-corrected chi connectivity index (χ4v) is 4.33. The first-order chi connectivity index (χ1) is 12.1. The monoisotopic (exact) mass is 380 g/mol. The predicted molar refractivity (Wildman–Crippen MR) is 96.1 cm³/mol. The lowest BCUT2D eigenvalue weighted by molar-refractivity contribution is 0.0645. The quantitative estimate of drug-likeness (QED) is 0.804. The molecule has 1 fully saturated rings. The Morgan fingerprint density at radius 2 is 2.00 bits per heavy atom. The van der Waals surface area contributed by atoms with Gasteiger partial charge in [0.2, 0.25) is 10.0 Å². The number of nitrogens with zero attached hydrogens (tertiary/aromatic N) is 3. The molecule has 3 heterocycles. The summed E-state index contributed by atoms with van der Waals surface area (Å²) >= 11 is 1.45. The van der Waals surface area contributed by atoms with Crippen molar-refractivity contribution in [3.8, 4) is 0 Å². The molecule has 3 rings (SSSR count). The highest BCUT2D eigenvalue weighted by atomic mass is 32.2. The molecule has 2 aromatic rings. The van der Waals surface area contributed by atoms with Gasteiger partial charge in [0.05, 0.1) is 4.88 Å². The lowest BCUT2D eigenvalue weighted by Crippen LogP contribution is -2.50. The van der Waals surface area contributed by atoms with Gasteiger partial charge in [-0.1, -0.05) is 6.07 Å². The summed E-state index contributed by atoms with van der Waals surface area (Å²) < 4.78 is 26.8. The SMILES string of the molecule is O=C(c1cccs1)N1CCN(CCNS(=O)(=O)c2cccnc2)CC1. The molecule has 0 bridgehead atoms. The van der Waals surface area contributed by atoms with Crippen LogP contribution in [0.4, 0.5) is 0 Å². The number of nitrogens with one attached hydrogen (secondary N) is 1. The molecule has 134 valence electrons. The van der Waals surface area contributed by atoms with Crippen molar-refractivity contribution in [2.45, 2.75) is 4.90 Å². The number of amides is 1. The summed E-state index contributed by atoms with van der Waals surface area (Å²) in [5.74, 6) is 0.0759. The average molecular weight is 380 g/mol. The number of thiophene rings is 1. The third-order valence-corrected chi connectivity index (χ3v) is 6.36. The second kappa shape index (κ2) is 8.05. The van der Waals surface area contributed by atoms with Gasteiger partial charge < -0.3 is 4.90 Å². The molecular formula is C16H20N4O3S2. The molecule has 0 aliphatic carbocycles. The van der Waals surface area contributed by atoms with E-state index in [4.69, 9.17) is 0 Å². The van der Waals surface area contributed by atoms with Gasteiger partial charge in [0, 0.05) is 51.7 Å². The van der Waals surface area contributed by atoms with E-state index in [-0.39, 0.29) is 10.8 Å². The molecule has 7 nitrogen and oxygen atoms in total. The lowest BCUT2D eigenvalue weighted by atomic mass is 10.3. The standard InChI is InChI=1S/C16H20N4O3S2/c21-16(15-4-2-12-24-15)20-10-8-19(9-11-20)7-6-18-25(22,23)14-3-1-5-17-13-14/h1-5,12-13,18H,6-11H2. The van der Waals surface area contributed by atoms with Crippen LogP contribution in [-0.4, -0.2) is 68.4 Å². The molecule has 1 amide bonds. The van der Waals surface area contributed by atoms with Crippen molar-refractivity contribution in [2.75, 3.05) is 39.3 Å². The van der Waals surface area contributed by atoms with E-state index in [1.54, 1.807) is 6.07 Å². The third-order valence-electron chi connectivity index (χ3n) is 4.06. The van der Waals surface area contributed by atoms with Crippen molar-refractivity contribution in [2.24, 2.45) is 0 Å². The Labute approximate surface area is 151 Å². The number of carbonyl (C=O) groups is 1. The van der Waals surface area contributed by atoms with Crippen LogP contribution in [-0.2, 0) is 10.0 Å². The molecule has 0 atom stereocenters. The van der Waals surface area contributed by atoms with Crippen LogP contribution in [0.2, 0.25) is 0 Å². The summed E-state index contributed by atoms with van der Waals surface area (Å²) in [6.45, 7) is 3.74. The molecule has 2 aromatic heterocycles. The Balaban J connectivity index is 1.43. The van der Waals surface area contributed by atoms with Crippen LogP contribution >= 0.6 is 11.3 Å². The van der Waals surface area contributed by atoms with Crippen molar-refractivity contribution < 1.29 is 13.2 Å². The zero-order chi connectivity index (χ0) is 17.7. The molecule has 1 aliphatic heterocycles. The number of hydrogen-bond acceptors (Lipinski definition) is 6. The molecule has 1 aliphatic rings. The maximum absolute atomic E-state index is 12.3. The summed E-state index contributed by atoms with van der Waals surface area (Å²) in [6, 6.07) is 6.83. The fraction of sp³-hybridized carbons (Fsp3) is 0.375. The third kappa shape index (κ3) is 4.63. The minimum Gasteiger partial charge on any atom is -0.335 e. The van der Waals surface area contributed by atoms with E-state index in [0.717, 1.165) is 18.0 Å². The zero-order valence-corrected chi connectivity index (χ0v) is 15.3. The Morgan fingerprint density at radius 3 is 2.64 bits per heavy atom. The molecule has 0 radical (unpaired) electrons. The molecule has 9 heteroatoms. The summed E-state index contributed by atoms with van der Waals surface area (Å²) in [4.78, 5) is 21.1. The normalized spacial score (nSPS) is 16.1. The van der Waals surface area contributed by atoms with Gasteiger partial charge in [0.25, 0.3) is 5.91 Å². The number of hydrogen-bond donors (Lipinski definition) is 1. The van der Waals surface area contributed by atoms with Crippen molar-refractivity contribution in [1.82, 2.24) is 19.5 Å². The second-order valence-electron chi connectivity index (χ2n) is 5.70. The first-order valence-corrected chi connectivity index (χ1v) is 10.4. The van der Waals surface area contributed by atoms with Gasteiger partial charge in [0.15, 0.2) is 0 Å². The highest BCUT2D eigenvalue weighted by Crippen LogP contribution is 2.13. The Morgan fingerprint density at radius 1 is 1.20 bits per heavy atom. The van der Waals surface area contributed by atoms with Crippen LogP contribution in [0.1, 0.15) is 9.67 Å². The number of sulfonamides is 1. The van der Waals surface area contributed by atoms with Gasteiger partial charge in [-0.05, 0) is 23.6 Å². The maximum Gasteiger partial charge on any atom is 0.264 e. The van der Waals surface area contributed by atoms with Crippen LogP contribution in [0.3, 0.4) is 0 Å². The number of rotatable bonds is 6. The van der Waals surface area contributed by atoms with Gasteiger partial charge in [-0.3, -0.25) is 14.7 Å². The van der Waals surface area contributed by atoms with Crippen LogP contribution in [0.5, 0.6) is 0 Å². The van der Waals surface area contributed by atoms with Crippen LogP contribution in [0.25, 0.3) is 0 Å². The van der Waals surface area contributed by atoms with Gasteiger partial charge in [0.1, 0.15) is 4.90 Å². The van der Waals surface area contributed by atoms with E-state index in [1.165, 1.54) is 29.8 Å². The smallest absolute Gasteiger partial charge is 0.264 e. The number of pyridine rings is 1. The van der Waals surface area contributed by atoms with E-state index < -0.39 is 10.0 Å². The minimum atomic E-state index is -3.52. The number of piperazine rings is 1. The molecule has 0 saturated carbocycles. The zero-order valence-electron chi connectivity index (χ0n) is 13.7. The Hall–Kier alpha value is -1.81.